The van der Waals surface area contributed by atoms with E-state index < -0.39 is 9.84 Å². The van der Waals surface area contributed by atoms with Gasteiger partial charge in [0.1, 0.15) is 9.84 Å². The van der Waals surface area contributed by atoms with E-state index in [0.717, 1.165) is 19.4 Å². The molecule has 1 saturated heterocycles. The van der Waals surface area contributed by atoms with Crippen LogP contribution in [0.25, 0.3) is 0 Å². The second-order valence-corrected chi connectivity index (χ2v) is 7.02. The summed E-state index contributed by atoms with van der Waals surface area (Å²) in [4.78, 5) is 0. The van der Waals surface area contributed by atoms with Gasteiger partial charge in [-0.3, -0.25) is 0 Å². The monoisotopic (exact) mass is 254 g/mol. The zero-order valence-corrected chi connectivity index (χ0v) is 10.7. The molecule has 0 spiro atoms. The van der Waals surface area contributed by atoms with Gasteiger partial charge in [0.05, 0.1) is 12.4 Å². The summed E-state index contributed by atoms with van der Waals surface area (Å²) in [6.45, 7) is 3.13. The van der Waals surface area contributed by atoms with Crippen LogP contribution in [0.15, 0.2) is 0 Å². The van der Waals surface area contributed by atoms with Gasteiger partial charge in [-0.1, -0.05) is 6.92 Å². The second kappa shape index (κ2) is 5.51. The molecule has 1 unspecified atom stereocenters. The van der Waals surface area contributed by atoms with E-state index in [1.807, 2.05) is 0 Å². The number of halogens is 1. The SMILES string of the molecule is CCS(=O)(=O)CCCC1(CCl)CCOC1. The first-order valence-electron chi connectivity index (χ1n) is 5.38. The highest BCUT2D eigenvalue weighted by molar-refractivity contribution is 7.91. The van der Waals surface area contributed by atoms with Gasteiger partial charge in [0.25, 0.3) is 0 Å². The van der Waals surface area contributed by atoms with Crippen molar-refractivity contribution in [3.05, 3.63) is 0 Å². The lowest BCUT2D eigenvalue weighted by molar-refractivity contribution is 0.156. The molecule has 0 aromatic heterocycles. The van der Waals surface area contributed by atoms with Crippen molar-refractivity contribution in [1.82, 2.24) is 0 Å². The Morgan fingerprint density at radius 1 is 1.47 bits per heavy atom. The van der Waals surface area contributed by atoms with Crippen molar-refractivity contribution in [2.75, 3.05) is 30.6 Å². The normalized spacial score (nSPS) is 27.1. The van der Waals surface area contributed by atoms with E-state index in [4.69, 9.17) is 16.3 Å². The van der Waals surface area contributed by atoms with E-state index in [1.165, 1.54) is 0 Å². The Hall–Kier alpha value is 0.200. The molecule has 3 nitrogen and oxygen atoms in total. The van der Waals surface area contributed by atoms with Crippen molar-refractivity contribution in [2.45, 2.75) is 26.2 Å². The summed E-state index contributed by atoms with van der Waals surface area (Å²) >= 11 is 5.92. The molecular weight excluding hydrogens is 236 g/mol. The molecule has 0 saturated carbocycles. The third-order valence-corrected chi connectivity index (χ3v) is 5.43. The topological polar surface area (TPSA) is 43.4 Å². The fourth-order valence-corrected chi connectivity index (χ4v) is 3.05. The van der Waals surface area contributed by atoms with Crippen molar-refractivity contribution in [1.29, 1.82) is 0 Å². The van der Waals surface area contributed by atoms with Crippen LogP contribution in [0, 0.1) is 5.41 Å². The quantitative estimate of drug-likeness (QED) is 0.680. The van der Waals surface area contributed by atoms with Crippen LogP contribution in [0.5, 0.6) is 0 Å². The minimum absolute atomic E-state index is 0.0326. The number of sulfone groups is 1. The van der Waals surface area contributed by atoms with E-state index in [2.05, 4.69) is 0 Å². The molecule has 15 heavy (non-hydrogen) atoms. The highest BCUT2D eigenvalue weighted by Gasteiger charge is 2.33. The van der Waals surface area contributed by atoms with Crippen molar-refractivity contribution in [2.24, 2.45) is 5.41 Å². The van der Waals surface area contributed by atoms with Crippen molar-refractivity contribution < 1.29 is 13.2 Å². The minimum atomic E-state index is -2.83. The summed E-state index contributed by atoms with van der Waals surface area (Å²) < 4.78 is 27.9. The van der Waals surface area contributed by atoms with Gasteiger partial charge in [0, 0.05) is 23.7 Å². The average molecular weight is 255 g/mol. The molecule has 0 aromatic carbocycles. The van der Waals surface area contributed by atoms with Gasteiger partial charge >= 0.3 is 0 Å². The summed E-state index contributed by atoms with van der Waals surface area (Å²) in [6, 6.07) is 0. The lowest BCUT2D eigenvalue weighted by atomic mass is 9.85. The standard InChI is InChI=1S/C10H19ClO3S/c1-2-15(12,13)7-3-4-10(8-11)5-6-14-9-10/h2-9H2,1H3. The van der Waals surface area contributed by atoms with Gasteiger partial charge in [0.2, 0.25) is 0 Å². The lowest BCUT2D eigenvalue weighted by Gasteiger charge is -2.23. The Balaban J connectivity index is 2.36. The zero-order valence-electron chi connectivity index (χ0n) is 9.17. The summed E-state index contributed by atoms with van der Waals surface area (Å²) in [7, 11) is -2.83. The third-order valence-electron chi connectivity index (χ3n) is 3.07. The molecule has 1 atom stereocenters. The molecule has 1 fully saturated rings. The van der Waals surface area contributed by atoms with E-state index >= 15 is 0 Å². The molecule has 5 heteroatoms. The highest BCUT2D eigenvalue weighted by atomic mass is 35.5. The van der Waals surface area contributed by atoms with Gasteiger partial charge in [-0.2, -0.15) is 0 Å². The van der Waals surface area contributed by atoms with Crippen molar-refractivity contribution in [3.63, 3.8) is 0 Å². The first-order chi connectivity index (χ1) is 7.04. The maximum absolute atomic E-state index is 11.3. The van der Waals surface area contributed by atoms with Gasteiger partial charge in [-0.25, -0.2) is 8.42 Å². The fourth-order valence-electron chi connectivity index (χ4n) is 1.83. The maximum Gasteiger partial charge on any atom is 0.150 e. The Bertz CT molecular complexity index is 281. The summed E-state index contributed by atoms with van der Waals surface area (Å²) in [6.07, 6.45) is 2.52. The minimum Gasteiger partial charge on any atom is -0.381 e. The fraction of sp³-hybridized carbons (Fsp3) is 1.00. The van der Waals surface area contributed by atoms with E-state index in [-0.39, 0.29) is 16.9 Å². The van der Waals surface area contributed by atoms with Gasteiger partial charge in [-0.15, -0.1) is 11.6 Å². The van der Waals surface area contributed by atoms with Gasteiger partial charge in [-0.05, 0) is 19.3 Å². The van der Waals surface area contributed by atoms with E-state index in [0.29, 0.717) is 18.9 Å². The van der Waals surface area contributed by atoms with Crippen LogP contribution in [0.1, 0.15) is 26.2 Å². The molecule has 0 N–H and O–H groups in total. The molecule has 1 heterocycles. The van der Waals surface area contributed by atoms with Crippen LogP contribution in [0.3, 0.4) is 0 Å². The molecule has 0 bridgehead atoms. The molecule has 0 aliphatic carbocycles. The first kappa shape index (κ1) is 13.3. The highest BCUT2D eigenvalue weighted by Crippen LogP contribution is 2.34. The van der Waals surface area contributed by atoms with Crippen LogP contribution in [-0.4, -0.2) is 39.0 Å². The number of hydrogen-bond acceptors (Lipinski definition) is 3. The summed E-state index contributed by atoms with van der Waals surface area (Å²) in [5.74, 6) is 1.08. The smallest absolute Gasteiger partial charge is 0.150 e. The predicted molar refractivity (Wildman–Crippen MR) is 62.2 cm³/mol. The van der Waals surface area contributed by atoms with Gasteiger partial charge < -0.3 is 4.74 Å². The molecule has 0 radical (unpaired) electrons. The van der Waals surface area contributed by atoms with Crippen LogP contribution in [0.4, 0.5) is 0 Å². The Morgan fingerprint density at radius 2 is 2.20 bits per heavy atom. The molecule has 90 valence electrons. The Morgan fingerprint density at radius 3 is 2.67 bits per heavy atom. The molecular formula is C10H19ClO3S. The van der Waals surface area contributed by atoms with Crippen molar-refractivity contribution >= 4 is 21.4 Å². The number of alkyl halides is 1. The summed E-state index contributed by atoms with van der Waals surface area (Å²) in [5, 5.41) is 0. The van der Waals surface area contributed by atoms with E-state index in [9.17, 15) is 8.42 Å². The molecule has 1 aliphatic rings. The number of rotatable bonds is 6. The van der Waals surface area contributed by atoms with Crippen molar-refractivity contribution in [3.8, 4) is 0 Å². The second-order valence-electron chi connectivity index (χ2n) is 4.28. The molecule has 0 amide bonds. The Labute approximate surface area is 97.1 Å². The largest absolute Gasteiger partial charge is 0.381 e. The maximum atomic E-state index is 11.3. The van der Waals surface area contributed by atoms with Crippen LogP contribution in [0.2, 0.25) is 0 Å². The molecule has 1 rings (SSSR count). The average Bonchev–Trinajstić information content (AvgIpc) is 2.67. The first-order valence-corrected chi connectivity index (χ1v) is 7.73. The number of hydrogen-bond donors (Lipinski definition) is 0. The third kappa shape index (κ3) is 3.93. The predicted octanol–water partition coefficient (Wildman–Crippen LogP) is 1.85. The Kier molecular flexibility index (Phi) is 4.87. The molecule has 0 aromatic rings. The zero-order chi connectivity index (χ0) is 11.4. The summed E-state index contributed by atoms with van der Waals surface area (Å²) in [5.41, 5.74) is 0.0326. The molecule has 1 aliphatic heterocycles. The van der Waals surface area contributed by atoms with Crippen LogP contribution >= 0.6 is 11.6 Å². The van der Waals surface area contributed by atoms with Crippen LogP contribution < -0.4 is 0 Å². The lowest BCUT2D eigenvalue weighted by Crippen LogP contribution is -2.24. The van der Waals surface area contributed by atoms with E-state index in [1.54, 1.807) is 6.92 Å². The van der Waals surface area contributed by atoms with Crippen LogP contribution in [-0.2, 0) is 14.6 Å². The number of ether oxygens (including phenoxy) is 1. The van der Waals surface area contributed by atoms with Gasteiger partial charge in [0.15, 0.2) is 0 Å².